The molecule has 0 aromatic heterocycles. The molecule has 4 unspecified atom stereocenters. The summed E-state index contributed by atoms with van der Waals surface area (Å²) in [5, 5.41) is 9.73. The summed E-state index contributed by atoms with van der Waals surface area (Å²) in [4.78, 5) is 4.92. The van der Waals surface area contributed by atoms with Gasteiger partial charge in [-0.1, -0.05) is 19.8 Å². The van der Waals surface area contributed by atoms with E-state index in [2.05, 4.69) is 16.7 Å². The van der Waals surface area contributed by atoms with Crippen LogP contribution in [0.15, 0.2) is 0 Å². The van der Waals surface area contributed by atoms with Crippen LogP contribution in [0.5, 0.6) is 0 Å². The van der Waals surface area contributed by atoms with Crippen molar-refractivity contribution in [2.45, 2.75) is 38.3 Å². The Bertz CT molecular complexity index is 186. The molecular weight excluding hydrogens is 176 g/mol. The first-order valence-electron chi connectivity index (χ1n) is 5.94. The van der Waals surface area contributed by atoms with Crippen molar-refractivity contribution in [3.63, 3.8) is 0 Å². The Kier molecular flexibility index (Phi) is 3.42. The number of aliphatic hydroxyl groups is 1. The van der Waals surface area contributed by atoms with Gasteiger partial charge >= 0.3 is 0 Å². The van der Waals surface area contributed by atoms with Gasteiger partial charge in [-0.25, -0.2) is 0 Å². The highest BCUT2D eigenvalue weighted by Gasteiger charge is 2.32. The Morgan fingerprint density at radius 2 is 2.07 bits per heavy atom. The Hall–Kier alpha value is -0.120. The lowest BCUT2D eigenvalue weighted by Gasteiger charge is -2.37. The van der Waals surface area contributed by atoms with Crippen LogP contribution in [-0.2, 0) is 0 Å². The third-order valence-electron chi connectivity index (χ3n) is 3.49. The van der Waals surface area contributed by atoms with Gasteiger partial charge in [-0.3, -0.25) is 9.80 Å². The van der Waals surface area contributed by atoms with Crippen LogP contribution < -0.4 is 0 Å². The monoisotopic (exact) mass is 198 g/mol. The Morgan fingerprint density at radius 3 is 2.86 bits per heavy atom. The molecule has 14 heavy (non-hydrogen) atoms. The molecule has 82 valence electrons. The Balaban J connectivity index is 1.93. The van der Waals surface area contributed by atoms with E-state index in [-0.39, 0.29) is 6.10 Å². The van der Waals surface area contributed by atoms with Crippen molar-refractivity contribution >= 4 is 0 Å². The first-order chi connectivity index (χ1) is 6.79. The van der Waals surface area contributed by atoms with Gasteiger partial charge < -0.3 is 5.11 Å². The predicted molar refractivity (Wildman–Crippen MR) is 57.3 cm³/mol. The van der Waals surface area contributed by atoms with Gasteiger partial charge in [0.05, 0.1) is 6.10 Å². The zero-order valence-electron chi connectivity index (χ0n) is 9.15. The highest BCUT2D eigenvalue weighted by Crippen LogP contribution is 2.19. The van der Waals surface area contributed by atoms with Crippen LogP contribution in [0.3, 0.4) is 0 Å². The lowest BCUT2D eigenvalue weighted by molar-refractivity contribution is 0.101. The van der Waals surface area contributed by atoms with Gasteiger partial charge in [-0.15, -0.1) is 0 Å². The minimum Gasteiger partial charge on any atom is -0.390 e. The third kappa shape index (κ3) is 2.27. The fourth-order valence-corrected chi connectivity index (χ4v) is 2.70. The first kappa shape index (κ1) is 10.4. The van der Waals surface area contributed by atoms with E-state index in [4.69, 9.17) is 0 Å². The Morgan fingerprint density at radius 1 is 1.21 bits per heavy atom. The van der Waals surface area contributed by atoms with E-state index in [1.165, 1.54) is 25.8 Å². The molecule has 3 nitrogen and oxygen atoms in total. The normalized spacial score (nSPS) is 42.4. The fourth-order valence-electron chi connectivity index (χ4n) is 2.70. The molecule has 0 aromatic carbocycles. The second-order valence-electron chi connectivity index (χ2n) is 4.70. The van der Waals surface area contributed by atoms with Gasteiger partial charge in [0.1, 0.15) is 0 Å². The highest BCUT2D eigenvalue weighted by atomic mass is 16.3. The second kappa shape index (κ2) is 4.60. The van der Waals surface area contributed by atoms with Crippen LogP contribution in [0.25, 0.3) is 0 Å². The van der Waals surface area contributed by atoms with Gasteiger partial charge in [-0.05, 0) is 6.42 Å². The molecule has 1 N–H and O–H groups in total. The van der Waals surface area contributed by atoms with Crippen molar-refractivity contribution in [3.05, 3.63) is 0 Å². The molecule has 3 aliphatic heterocycles. The average molecular weight is 198 g/mol. The van der Waals surface area contributed by atoms with Crippen LogP contribution >= 0.6 is 0 Å². The molecule has 3 saturated heterocycles. The summed E-state index contributed by atoms with van der Waals surface area (Å²) in [7, 11) is 0. The molecule has 0 radical (unpaired) electrons. The largest absolute Gasteiger partial charge is 0.390 e. The summed E-state index contributed by atoms with van der Waals surface area (Å²) in [5.41, 5.74) is 0. The molecule has 2 bridgehead atoms. The van der Waals surface area contributed by atoms with E-state index in [0.29, 0.717) is 6.04 Å². The summed E-state index contributed by atoms with van der Waals surface area (Å²) in [6, 6.07) is 0.709. The maximum Gasteiger partial charge on any atom is 0.0793 e. The van der Waals surface area contributed by atoms with Gasteiger partial charge in [0.2, 0.25) is 0 Å². The number of hydrogen-bond donors (Lipinski definition) is 1. The number of fused-ring (bicyclic) bond motifs is 4. The minimum absolute atomic E-state index is 0.121. The minimum atomic E-state index is -0.121. The van der Waals surface area contributed by atoms with Crippen molar-refractivity contribution in [2.75, 3.05) is 32.7 Å². The number of aliphatic hydroxyl groups excluding tert-OH is 1. The van der Waals surface area contributed by atoms with E-state index >= 15 is 0 Å². The van der Waals surface area contributed by atoms with Gasteiger partial charge in [0.25, 0.3) is 0 Å². The van der Waals surface area contributed by atoms with Crippen molar-refractivity contribution in [1.82, 2.24) is 9.80 Å². The molecule has 3 rings (SSSR count). The van der Waals surface area contributed by atoms with Crippen LogP contribution in [0.2, 0.25) is 0 Å². The number of unbranched alkanes of at least 4 members (excludes halogenated alkanes) is 1. The van der Waals surface area contributed by atoms with Crippen molar-refractivity contribution in [3.8, 4) is 0 Å². The van der Waals surface area contributed by atoms with Crippen molar-refractivity contribution in [2.24, 2.45) is 0 Å². The molecule has 3 aliphatic rings. The van der Waals surface area contributed by atoms with Crippen LogP contribution in [0.4, 0.5) is 0 Å². The summed E-state index contributed by atoms with van der Waals surface area (Å²) in [6.07, 6.45) is 3.79. The van der Waals surface area contributed by atoms with E-state index in [1.807, 2.05) is 0 Å². The number of rotatable bonds is 3. The predicted octanol–water partition coefficient (Wildman–Crippen LogP) is 0.537. The zero-order chi connectivity index (χ0) is 9.97. The molecule has 0 amide bonds. The van der Waals surface area contributed by atoms with E-state index in [0.717, 1.165) is 26.2 Å². The molecule has 0 aromatic rings. The van der Waals surface area contributed by atoms with Crippen LogP contribution in [0.1, 0.15) is 26.2 Å². The van der Waals surface area contributed by atoms with Gasteiger partial charge in [-0.2, -0.15) is 0 Å². The molecular formula is C11H22N2O. The van der Waals surface area contributed by atoms with E-state index in [9.17, 15) is 5.11 Å². The van der Waals surface area contributed by atoms with E-state index < -0.39 is 0 Å². The average Bonchev–Trinajstić information content (AvgIpc) is 2.43. The molecule has 0 aliphatic carbocycles. The van der Waals surface area contributed by atoms with Gasteiger partial charge in [0, 0.05) is 38.8 Å². The first-order valence-corrected chi connectivity index (χ1v) is 5.94. The number of piperazine rings is 1. The van der Waals surface area contributed by atoms with Crippen LogP contribution in [0, 0.1) is 0 Å². The summed E-state index contributed by atoms with van der Waals surface area (Å²) in [5.74, 6) is 0. The molecule has 3 heteroatoms. The zero-order valence-corrected chi connectivity index (χ0v) is 9.15. The lowest BCUT2D eigenvalue weighted by atomic mass is 10.1. The summed E-state index contributed by atoms with van der Waals surface area (Å²) >= 11 is 0. The maximum atomic E-state index is 9.73. The second-order valence-corrected chi connectivity index (χ2v) is 4.70. The van der Waals surface area contributed by atoms with E-state index in [1.54, 1.807) is 0 Å². The molecule has 3 heterocycles. The number of nitrogens with zero attached hydrogens (tertiary/aromatic N) is 2. The topological polar surface area (TPSA) is 26.7 Å². The van der Waals surface area contributed by atoms with Crippen molar-refractivity contribution < 1.29 is 5.11 Å². The molecule has 3 fully saturated rings. The Labute approximate surface area is 86.7 Å². The standard InChI is InChI=1S/C11H22N2O/c1-2-3-4-10-7-12-5-6-13(10)9-11(14)8-12/h10-11,14H,2-9H2,1H3. The molecule has 0 saturated carbocycles. The smallest absolute Gasteiger partial charge is 0.0793 e. The van der Waals surface area contributed by atoms with Crippen molar-refractivity contribution in [1.29, 1.82) is 0 Å². The lowest BCUT2D eigenvalue weighted by Crippen LogP contribution is -2.49. The quantitative estimate of drug-likeness (QED) is 0.717. The molecule has 0 spiro atoms. The van der Waals surface area contributed by atoms with Gasteiger partial charge in [0.15, 0.2) is 0 Å². The summed E-state index contributed by atoms with van der Waals surface area (Å²) < 4.78 is 0. The maximum absolute atomic E-state index is 9.73. The SMILES string of the molecule is CCCCC1CN2CCN1CC(O)C2. The molecule has 4 atom stereocenters. The number of hydrogen-bond acceptors (Lipinski definition) is 3. The fraction of sp³-hybridized carbons (Fsp3) is 1.00. The summed E-state index contributed by atoms with van der Waals surface area (Å²) in [6.45, 7) is 7.52. The van der Waals surface area contributed by atoms with Crippen LogP contribution in [-0.4, -0.2) is 59.8 Å². The highest BCUT2D eigenvalue weighted by molar-refractivity contribution is 4.88. The third-order valence-corrected chi connectivity index (χ3v) is 3.49.